The van der Waals surface area contributed by atoms with Gasteiger partial charge in [-0.05, 0) is 0 Å². The summed E-state index contributed by atoms with van der Waals surface area (Å²) in [6, 6.07) is 0. The molecule has 0 aromatic heterocycles. The van der Waals surface area contributed by atoms with E-state index in [1.54, 1.807) is 0 Å². The Morgan fingerprint density at radius 3 is 1.00 bits per heavy atom. The molecule has 0 aromatic rings. The molecule has 0 aliphatic carbocycles. The standard InChI is InChI=1S/2CHO5P.Fe/c2*2-1-5-7(3,4)6-1;/h2*(H,3,4);/q;;+2/p-2. The molecule has 0 saturated carbocycles. The predicted molar refractivity (Wildman–Crippen MR) is 30.3 cm³/mol. The number of phosphoric acid groups is 2. The van der Waals surface area contributed by atoms with Crippen molar-refractivity contribution < 1.29 is 63.7 Å². The number of hydrogen-bond acceptors (Lipinski definition) is 10. The van der Waals surface area contributed by atoms with E-state index in [2.05, 4.69) is 18.1 Å². The van der Waals surface area contributed by atoms with Gasteiger partial charge in [0.2, 0.25) is 0 Å². The molecule has 0 atom stereocenters. The van der Waals surface area contributed by atoms with Gasteiger partial charge in [0, 0.05) is 0 Å². The van der Waals surface area contributed by atoms with Crippen LogP contribution in [0.5, 0.6) is 0 Å². The van der Waals surface area contributed by atoms with Crippen LogP contribution in [0.2, 0.25) is 0 Å². The van der Waals surface area contributed by atoms with E-state index < -0.39 is 28.0 Å². The molecule has 0 bridgehead atoms. The normalized spacial score (nSPS) is 22.8. The molecular weight excluding hydrogens is 302 g/mol. The van der Waals surface area contributed by atoms with Crippen molar-refractivity contribution in [2.75, 3.05) is 0 Å². The molecule has 0 radical (unpaired) electrons. The average molecular weight is 302 g/mol. The second-order valence-electron chi connectivity index (χ2n) is 1.76. The molecule has 86 valence electrons. The quantitative estimate of drug-likeness (QED) is 0.412. The molecule has 0 spiro atoms. The van der Waals surface area contributed by atoms with Gasteiger partial charge in [-0.25, -0.2) is 18.7 Å². The van der Waals surface area contributed by atoms with Gasteiger partial charge >= 0.3 is 45.0 Å². The summed E-state index contributed by atoms with van der Waals surface area (Å²) in [5, 5.41) is 0. The number of phosphoric ester groups is 2. The van der Waals surface area contributed by atoms with Gasteiger partial charge in [0.25, 0.3) is 0 Å². The van der Waals surface area contributed by atoms with Crippen LogP contribution < -0.4 is 9.79 Å². The Morgan fingerprint density at radius 2 is 1.00 bits per heavy atom. The summed E-state index contributed by atoms with van der Waals surface area (Å²) >= 11 is 0. The van der Waals surface area contributed by atoms with Crippen molar-refractivity contribution in [1.82, 2.24) is 0 Å². The van der Waals surface area contributed by atoms with Crippen LogP contribution in [0.25, 0.3) is 0 Å². The van der Waals surface area contributed by atoms with Gasteiger partial charge in [0.15, 0.2) is 0 Å². The first-order chi connectivity index (χ1) is 6.20. The third-order valence-electron chi connectivity index (χ3n) is 0.745. The van der Waals surface area contributed by atoms with Crippen molar-refractivity contribution in [3.63, 3.8) is 0 Å². The topological polar surface area (TPSA) is 151 Å². The minimum atomic E-state index is -4.12. The van der Waals surface area contributed by atoms with E-state index in [9.17, 15) is 28.5 Å². The van der Waals surface area contributed by atoms with Crippen LogP contribution in [0.15, 0.2) is 0 Å². The van der Waals surface area contributed by atoms with E-state index in [1.807, 2.05) is 0 Å². The Hall–Kier alpha value is -0.561. The van der Waals surface area contributed by atoms with E-state index in [-0.39, 0.29) is 17.1 Å². The van der Waals surface area contributed by atoms with Crippen LogP contribution in [0.1, 0.15) is 0 Å². The van der Waals surface area contributed by atoms with E-state index in [4.69, 9.17) is 0 Å². The summed E-state index contributed by atoms with van der Waals surface area (Å²) < 4.78 is 33.2. The minimum Gasteiger partial charge on any atom is -0.736 e. The molecule has 0 N–H and O–H groups in total. The maximum absolute atomic E-state index is 9.66. The molecule has 2 heterocycles. The molecule has 0 amide bonds. The third-order valence-corrected chi connectivity index (χ3v) is 2.24. The molecule has 0 aromatic carbocycles. The smallest absolute Gasteiger partial charge is 0.736 e. The first kappa shape index (κ1) is 14.4. The van der Waals surface area contributed by atoms with Gasteiger partial charge in [-0.2, -0.15) is 0 Å². The Bertz CT molecular complexity index is 314. The van der Waals surface area contributed by atoms with Gasteiger partial charge in [-0.1, -0.05) is 0 Å². The monoisotopic (exact) mass is 302 g/mol. The van der Waals surface area contributed by atoms with Crippen LogP contribution in [-0.2, 0) is 44.3 Å². The van der Waals surface area contributed by atoms with Gasteiger partial charge in [-0.3, -0.25) is 0 Å². The maximum Gasteiger partial charge on any atom is 2.00 e. The zero-order chi connectivity index (χ0) is 11.0. The molecule has 2 saturated heterocycles. The molecule has 13 heteroatoms. The summed E-state index contributed by atoms with van der Waals surface area (Å²) in [4.78, 5) is 38.3. The Balaban J connectivity index is 0.000000245. The summed E-state index contributed by atoms with van der Waals surface area (Å²) in [6.07, 6.45) is -2.31. The first-order valence-electron chi connectivity index (χ1n) is 2.69. The number of carbonyl (C=O) groups is 2. The van der Waals surface area contributed by atoms with Crippen molar-refractivity contribution in [2.24, 2.45) is 0 Å². The van der Waals surface area contributed by atoms with Crippen molar-refractivity contribution in [1.29, 1.82) is 0 Å². The molecule has 2 fully saturated rings. The SMILES string of the molecule is O=C1OP(=O)([O-])O1.O=C1OP(=O)([O-])O1.[Fe+2]. The molecule has 2 aliphatic rings. The molecule has 2 aliphatic heterocycles. The molecule has 0 unspecified atom stereocenters. The van der Waals surface area contributed by atoms with E-state index >= 15 is 0 Å². The summed E-state index contributed by atoms with van der Waals surface area (Å²) in [5.74, 6) is 0. The van der Waals surface area contributed by atoms with Crippen LogP contribution in [-0.4, -0.2) is 12.3 Å². The largest absolute Gasteiger partial charge is 2.00 e. The van der Waals surface area contributed by atoms with Crippen LogP contribution in [0, 0.1) is 0 Å². The Morgan fingerprint density at radius 1 is 0.800 bits per heavy atom. The first-order valence-corrected chi connectivity index (χ1v) is 5.61. The average Bonchev–Trinajstić information content (AvgIpc) is 1.78. The van der Waals surface area contributed by atoms with Gasteiger partial charge in [0.1, 0.15) is 0 Å². The van der Waals surface area contributed by atoms with Crippen LogP contribution >= 0.6 is 15.6 Å². The van der Waals surface area contributed by atoms with Crippen molar-refractivity contribution in [2.45, 2.75) is 0 Å². The third kappa shape index (κ3) is 4.65. The van der Waals surface area contributed by atoms with Gasteiger partial charge in [0.05, 0.1) is 0 Å². The maximum atomic E-state index is 9.66. The zero-order valence-corrected chi connectivity index (χ0v) is 9.22. The van der Waals surface area contributed by atoms with Crippen LogP contribution in [0.3, 0.4) is 0 Å². The number of hydrogen-bond donors (Lipinski definition) is 0. The summed E-state index contributed by atoms with van der Waals surface area (Å²) in [7, 11) is -8.24. The van der Waals surface area contributed by atoms with E-state index in [0.717, 1.165) is 0 Å². The van der Waals surface area contributed by atoms with E-state index in [1.165, 1.54) is 0 Å². The van der Waals surface area contributed by atoms with Gasteiger partial charge in [-0.15, -0.1) is 0 Å². The number of rotatable bonds is 0. The molecule has 2 rings (SSSR count). The Labute approximate surface area is 92.2 Å². The zero-order valence-electron chi connectivity index (χ0n) is 6.33. The minimum absolute atomic E-state index is 0. The number of carbonyl (C=O) groups excluding carboxylic acids is 2. The molecule has 15 heavy (non-hydrogen) atoms. The fourth-order valence-electron chi connectivity index (χ4n) is 0.379. The Kier molecular flexibility index (Phi) is 4.36. The predicted octanol–water partition coefficient (Wildman–Crippen LogP) is -0.759. The second kappa shape index (κ2) is 4.52. The fraction of sp³-hybridized carbons (Fsp3) is 0. The molecular formula is C2FeO10P2. The van der Waals surface area contributed by atoms with Crippen LogP contribution in [0.4, 0.5) is 9.59 Å². The summed E-state index contributed by atoms with van der Waals surface area (Å²) in [5.41, 5.74) is 0. The van der Waals surface area contributed by atoms with Gasteiger partial charge < -0.3 is 27.9 Å². The second-order valence-corrected chi connectivity index (χ2v) is 4.28. The molecule has 10 nitrogen and oxygen atoms in total. The fourth-order valence-corrected chi connectivity index (χ4v) is 1.14. The van der Waals surface area contributed by atoms with Crippen molar-refractivity contribution >= 4 is 28.0 Å². The van der Waals surface area contributed by atoms with Crippen molar-refractivity contribution in [3.05, 3.63) is 0 Å². The van der Waals surface area contributed by atoms with E-state index in [0.29, 0.717) is 0 Å². The summed E-state index contributed by atoms with van der Waals surface area (Å²) in [6.45, 7) is 0. The van der Waals surface area contributed by atoms with Crippen molar-refractivity contribution in [3.8, 4) is 0 Å².